The van der Waals surface area contributed by atoms with Crippen molar-refractivity contribution in [3.63, 3.8) is 0 Å². The van der Waals surface area contributed by atoms with Crippen molar-refractivity contribution >= 4 is 17.6 Å². The number of β-amino-alcohol motifs (C(OH)–C–C–N with tert-alkyl or cyclic N) is 1. The summed E-state index contributed by atoms with van der Waals surface area (Å²) in [7, 11) is 1.26. The fourth-order valence-corrected chi connectivity index (χ4v) is 2.36. The molecule has 1 aliphatic rings. The number of carbonyl (C=O) groups excluding carboxylic acids is 2. The van der Waals surface area contributed by atoms with Gasteiger partial charge in [-0.25, -0.2) is 4.79 Å². The van der Waals surface area contributed by atoms with Crippen molar-refractivity contribution in [1.29, 1.82) is 0 Å². The zero-order chi connectivity index (χ0) is 18.4. The van der Waals surface area contributed by atoms with E-state index in [1.54, 1.807) is 24.3 Å². The predicted octanol–water partition coefficient (Wildman–Crippen LogP) is 1.31. The van der Waals surface area contributed by atoms with Crippen molar-refractivity contribution in [2.24, 2.45) is 0 Å². The molecule has 1 aromatic rings. The van der Waals surface area contributed by atoms with Gasteiger partial charge in [-0.3, -0.25) is 4.79 Å². The minimum Gasteiger partial charge on any atom is -0.489 e. The summed E-state index contributed by atoms with van der Waals surface area (Å²) in [5.41, 5.74) is 1.88. The van der Waals surface area contributed by atoms with Crippen molar-refractivity contribution < 1.29 is 24.2 Å². The van der Waals surface area contributed by atoms with Crippen LogP contribution in [0.1, 0.15) is 6.92 Å². The van der Waals surface area contributed by atoms with Gasteiger partial charge in [0.15, 0.2) is 0 Å². The molecule has 1 heterocycles. The SMILES string of the molecule is C=C(C)COc1cccc(NC2=C(C(=O)OC)CN(CCO)C2=O)c1. The maximum Gasteiger partial charge on any atom is 0.337 e. The maximum atomic E-state index is 12.5. The second-order valence-corrected chi connectivity index (χ2v) is 5.69. The zero-order valence-electron chi connectivity index (χ0n) is 14.4. The molecule has 1 aliphatic heterocycles. The number of aliphatic hydroxyl groups excluding tert-OH is 1. The van der Waals surface area contributed by atoms with E-state index in [1.807, 2.05) is 6.92 Å². The van der Waals surface area contributed by atoms with E-state index in [4.69, 9.17) is 14.6 Å². The van der Waals surface area contributed by atoms with Crippen LogP contribution in [-0.4, -0.2) is 55.3 Å². The monoisotopic (exact) mass is 346 g/mol. The van der Waals surface area contributed by atoms with Crippen molar-refractivity contribution in [2.45, 2.75) is 6.92 Å². The summed E-state index contributed by atoms with van der Waals surface area (Å²) >= 11 is 0. The van der Waals surface area contributed by atoms with Gasteiger partial charge in [0.05, 0.1) is 25.8 Å². The molecule has 1 aromatic carbocycles. The molecule has 0 fully saturated rings. The van der Waals surface area contributed by atoms with Crippen LogP contribution in [0.25, 0.3) is 0 Å². The second-order valence-electron chi connectivity index (χ2n) is 5.69. The highest BCUT2D eigenvalue weighted by molar-refractivity contribution is 6.08. The summed E-state index contributed by atoms with van der Waals surface area (Å²) in [6.07, 6.45) is 0. The lowest BCUT2D eigenvalue weighted by molar-refractivity contribution is -0.136. The standard InChI is InChI=1S/C18H22N2O5/c1-12(2)11-25-14-6-4-5-13(9-14)19-16-15(18(23)24-3)10-20(7-8-21)17(16)22/h4-6,9,19,21H,1,7-8,10-11H2,2-3H3. The molecule has 0 aromatic heterocycles. The first-order valence-electron chi connectivity index (χ1n) is 7.82. The lowest BCUT2D eigenvalue weighted by Crippen LogP contribution is -2.31. The van der Waals surface area contributed by atoms with Gasteiger partial charge in [-0.15, -0.1) is 0 Å². The van der Waals surface area contributed by atoms with Crippen molar-refractivity contribution in [3.8, 4) is 5.75 Å². The fourth-order valence-electron chi connectivity index (χ4n) is 2.36. The van der Waals surface area contributed by atoms with Crippen LogP contribution in [0.5, 0.6) is 5.75 Å². The Labute approximate surface area is 146 Å². The Morgan fingerprint density at radius 2 is 2.20 bits per heavy atom. The Balaban J connectivity index is 2.23. The van der Waals surface area contributed by atoms with Gasteiger partial charge in [0.25, 0.3) is 5.91 Å². The van der Waals surface area contributed by atoms with E-state index in [2.05, 4.69) is 11.9 Å². The number of aliphatic hydroxyl groups is 1. The highest BCUT2D eigenvalue weighted by Crippen LogP contribution is 2.25. The smallest absolute Gasteiger partial charge is 0.337 e. The number of anilines is 1. The highest BCUT2D eigenvalue weighted by Gasteiger charge is 2.34. The number of carbonyl (C=O) groups is 2. The minimum absolute atomic E-state index is 0.0975. The first-order valence-corrected chi connectivity index (χ1v) is 7.82. The molecule has 0 saturated heterocycles. The largest absolute Gasteiger partial charge is 0.489 e. The number of hydrogen-bond donors (Lipinski definition) is 2. The first-order chi connectivity index (χ1) is 12.0. The number of esters is 1. The quantitative estimate of drug-likeness (QED) is 0.545. The second kappa shape index (κ2) is 8.34. The molecule has 2 N–H and O–H groups in total. The van der Waals surface area contributed by atoms with Gasteiger partial charge < -0.3 is 24.8 Å². The van der Waals surface area contributed by atoms with Gasteiger partial charge in [-0.1, -0.05) is 12.6 Å². The molecule has 0 spiro atoms. The molecule has 0 saturated carbocycles. The highest BCUT2D eigenvalue weighted by atomic mass is 16.5. The topological polar surface area (TPSA) is 88.1 Å². The van der Waals surface area contributed by atoms with Gasteiger partial charge in [0.2, 0.25) is 0 Å². The number of nitrogens with zero attached hydrogens (tertiary/aromatic N) is 1. The predicted molar refractivity (Wildman–Crippen MR) is 93.1 cm³/mol. The molecule has 0 atom stereocenters. The van der Waals surface area contributed by atoms with E-state index >= 15 is 0 Å². The minimum atomic E-state index is -0.578. The molecule has 0 radical (unpaired) electrons. The van der Waals surface area contributed by atoms with Crippen molar-refractivity contribution in [3.05, 3.63) is 47.7 Å². The van der Waals surface area contributed by atoms with E-state index in [1.165, 1.54) is 12.0 Å². The molecule has 134 valence electrons. The van der Waals surface area contributed by atoms with Crippen LogP contribution < -0.4 is 10.1 Å². The third-order valence-electron chi connectivity index (χ3n) is 3.54. The Bertz CT molecular complexity index is 711. The molecule has 0 unspecified atom stereocenters. The van der Waals surface area contributed by atoms with Crippen molar-refractivity contribution in [1.82, 2.24) is 4.90 Å². The van der Waals surface area contributed by atoms with E-state index in [0.29, 0.717) is 18.0 Å². The average Bonchev–Trinajstić information content (AvgIpc) is 2.89. The number of benzene rings is 1. The molecule has 0 bridgehead atoms. The number of methoxy groups -OCH3 is 1. The molecule has 25 heavy (non-hydrogen) atoms. The third kappa shape index (κ3) is 4.60. The van der Waals surface area contributed by atoms with E-state index in [-0.39, 0.29) is 36.9 Å². The van der Waals surface area contributed by atoms with Crippen LogP contribution in [-0.2, 0) is 14.3 Å². The van der Waals surface area contributed by atoms with Gasteiger partial charge in [0, 0.05) is 18.3 Å². The van der Waals surface area contributed by atoms with Crippen LogP contribution >= 0.6 is 0 Å². The molecule has 2 rings (SSSR count). The van der Waals surface area contributed by atoms with E-state index in [9.17, 15) is 9.59 Å². The van der Waals surface area contributed by atoms with Crippen LogP contribution in [0.4, 0.5) is 5.69 Å². The number of nitrogens with one attached hydrogen (secondary N) is 1. The Morgan fingerprint density at radius 3 is 2.84 bits per heavy atom. The fraction of sp³-hybridized carbons (Fsp3) is 0.333. The Hall–Kier alpha value is -2.80. The third-order valence-corrected chi connectivity index (χ3v) is 3.54. The summed E-state index contributed by atoms with van der Waals surface area (Å²) in [4.78, 5) is 25.8. The average molecular weight is 346 g/mol. The Kier molecular flexibility index (Phi) is 6.19. The van der Waals surface area contributed by atoms with Gasteiger partial charge in [-0.2, -0.15) is 0 Å². The molecule has 7 nitrogen and oxygen atoms in total. The number of amides is 1. The van der Waals surface area contributed by atoms with Crippen LogP contribution in [0.2, 0.25) is 0 Å². The van der Waals surface area contributed by atoms with Gasteiger partial charge in [-0.05, 0) is 24.6 Å². The van der Waals surface area contributed by atoms with Crippen molar-refractivity contribution in [2.75, 3.05) is 38.7 Å². The number of ether oxygens (including phenoxy) is 2. The normalized spacial score (nSPS) is 13.9. The summed E-state index contributed by atoms with van der Waals surface area (Å²) in [5.74, 6) is -0.320. The van der Waals surface area contributed by atoms with Gasteiger partial charge in [0.1, 0.15) is 18.1 Å². The Morgan fingerprint density at radius 1 is 1.44 bits per heavy atom. The molecule has 0 aliphatic carbocycles. The van der Waals surface area contributed by atoms with E-state index < -0.39 is 5.97 Å². The zero-order valence-corrected chi connectivity index (χ0v) is 14.4. The van der Waals surface area contributed by atoms with Crippen LogP contribution in [0.3, 0.4) is 0 Å². The summed E-state index contributed by atoms with van der Waals surface area (Å²) in [6.45, 7) is 6.10. The molecule has 7 heteroatoms. The summed E-state index contributed by atoms with van der Waals surface area (Å²) in [6, 6.07) is 7.06. The molecular formula is C18H22N2O5. The number of rotatable bonds is 8. The first kappa shape index (κ1) is 18.5. The van der Waals surface area contributed by atoms with E-state index in [0.717, 1.165) is 5.57 Å². The molecular weight excluding hydrogens is 324 g/mol. The molecule has 1 amide bonds. The number of hydrogen-bond acceptors (Lipinski definition) is 6. The van der Waals surface area contributed by atoms with Gasteiger partial charge >= 0.3 is 5.97 Å². The lowest BCUT2D eigenvalue weighted by atomic mass is 10.2. The maximum absolute atomic E-state index is 12.5. The van der Waals surface area contributed by atoms with Crippen LogP contribution in [0, 0.1) is 0 Å². The van der Waals surface area contributed by atoms with Crippen LogP contribution in [0.15, 0.2) is 47.7 Å². The summed E-state index contributed by atoms with van der Waals surface area (Å²) < 4.78 is 10.3. The lowest BCUT2D eigenvalue weighted by Gasteiger charge is -2.15. The summed E-state index contributed by atoms with van der Waals surface area (Å²) in [5, 5.41) is 12.0.